The van der Waals surface area contributed by atoms with Crippen LogP contribution < -0.4 is 5.32 Å². The van der Waals surface area contributed by atoms with Crippen LogP contribution in [0.4, 0.5) is 18.9 Å². The maximum atomic E-state index is 12.5. The van der Waals surface area contributed by atoms with Crippen molar-refractivity contribution < 1.29 is 17.9 Å². The summed E-state index contributed by atoms with van der Waals surface area (Å²) < 4.78 is 43.0. The van der Waals surface area contributed by atoms with Crippen LogP contribution in [0.2, 0.25) is 5.02 Å². The first kappa shape index (κ1) is 14.5. The third kappa shape index (κ3) is 4.01. The highest BCUT2D eigenvalue weighted by atomic mass is 35.5. The summed E-state index contributed by atoms with van der Waals surface area (Å²) in [5.74, 6) is 0. The van der Waals surface area contributed by atoms with Gasteiger partial charge in [0.1, 0.15) is 0 Å². The number of hydrogen-bond acceptors (Lipinski definition) is 2. The Balaban J connectivity index is 1.97. The Labute approximate surface area is 114 Å². The van der Waals surface area contributed by atoms with Crippen molar-refractivity contribution in [3.05, 3.63) is 28.8 Å². The van der Waals surface area contributed by atoms with Crippen LogP contribution in [-0.2, 0) is 10.9 Å². The predicted molar refractivity (Wildman–Crippen MR) is 68.5 cm³/mol. The SMILES string of the molecule is FC(F)(F)c1ccc(NCC2CCCCO2)c(Cl)c1. The summed E-state index contributed by atoms with van der Waals surface area (Å²) in [5.41, 5.74) is -0.235. The van der Waals surface area contributed by atoms with Gasteiger partial charge in [-0.1, -0.05) is 11.6 Å². The lowest BCUT2D eigenvalue weighted by atomic mass is 10.1. The molecule has 1 heterocycles. The summed E-state index contributed by atoms with van der Waals surface area (Å²) >= 11 is 5.85. The summed E-state index contributed by atoms with van der Waals surface area (Å²) in [5, 5.41) is 3.11. The lowest BCUT2D eigenvalue weighted by Crippen LogP contribution is -2.27. The van der Waals surface area contributed by atoms with E-state index in [0.717, 1.165) is 38.0 Å². The molecule has 0 amide bonds. The Morgan fingerprint density at radius 1 is 1.32 bits per heavy atom. The van der Waals surface area contributed by atoms with Crippen molar-refractivity contribution in [2.24, 2.45) is 0 Å². The van der Waals surface area contributed by atoms with Gasteiger partial charge in [-0.25, -0.2) is 0 Å². The highest BCUT2D eigenvalue weighted by molar-refractivity contribution is 6.33. The van der Waals surface area contributed by atoms with Gasteiger partial charge in [0.05, 0.1) is 22.4 Å². The number of hydrogen-bond donors (Lipinski definition) is 1. The molecular weight excluding hydrogens is 279 g/mol. The second-order valence-electron chi connectivity index (χ2n) is 4.56. The molecule has 0 spiro atoms. The summed E-state index contributed by atoms with van der Waals surface area (Å²) in [6.45, 7) is 1.30. The van der Waals surface area contributed by atoms with E-state index in [2.05, 4.69) is 5.32 Å². The van der Waals surface area contributed by atoms with Crippen molar-refractivity contribution >= 4 is 17.3 Å². The average molecular weight is 294 g/mol. The standard InChI is InChI=1S/C13H15ClF3NO/c14-11-7-9(13(15,16)17)4-5-12(11)18-8-10-3-1-2-6-19-10/h4-5,7,10,18H,1-3,6,8H2. The molecule has 2 nitrogen and oxygen atoms in total. The molecule has 2 rings (SSSR count). The fraction of sp³-hybridized carbons (Fsp3) is 0.538. The molecule has 1 aliphatic rings. The van der Waals surface area contributed by atoms with Crippen LogP contribution in [-0.4, -0.2) is 19.3 Å². The van der Waals surface area contributed by atoms with Crippen molar-refractivity contribution in [1.82, 2.24) is 0 Å². The molecule has 0 bridgehead atoms. The quantitative estimate of drug-likeness (QED) is 0.895. The molecule has 0 aliphatic carbocycles. The molecule has 106 valence electrons. The summed E-state index contributed by atoms with van der Waals surface area (Å²) in [4.78, 5) is 0. The van der Waals surface area contributed by atoms with Crippen molar-refractivity contribution in [1.29, 1.82) is 0 Å². The first-order chi connectivity index (χ1) is 8.97. The van der Waals surface area contributed by atoms with E-state index in [9.17, 15) is 13.2 Å². The Morgan fingerprint density at radius 2 is 2.11 bits per heavy atom. The molecule has 0 radical (unpaired) electrons. The minimum atomic E-state index is -4.37. The lowest BCUT2D eigenvalue weighted by molar-refractivity contribution is -0.137. The molecule has 1 unspecified atom stereocenters. The van der Waals surface area contributed by atoms with E-state index in [0.29, 0.717) is 12.2 Å². The molecule has 1 saturated heterocycles. The largest absolute Gasteiger partial charge is 0.416 e. The lowest BCUT2D eigenvalue weighted by Gasteiger charge is -2.23. The number of anilines is 1. The van der Waals surface area contributed by atoms with Gasteiger partial charge in [0.25, 0.3) is 0 Å². The van der Waals surface area contributed by atoms with E-state index in [1.807, 2.05) is 0 Å². The van der Waals surface area contributed by atoms with E-state index in [-0.39, 0.29) is 11.1 Å². The first-order valence-corrected chi connectivity index (χ1v) is 6.57. The molecule has 6 heteroatoms. The van der Waals surface area contributed by atoms with Crippen LogP contribution in [0.25, 0.3) is 0 Å². The van der Waals surface area contributed by atoms with Crippen LogP contribution in [0, 0.1) is 0 Å². The molecule has 1 aliphatic heterocycles. The maximum Gasteiger partial charge on any atom is 0.416 e. The zero-order valence-corrected chi connectivity index (χ0v) is 11.0. The average Bonchev–Trinajstić information content (AvgIpc) is 2.37. The summed E-state index contributed by atoms with van der Waals surface area (Å²) in [6.07, 6.45) is -1.11. The molecule has 1 aromatic rings. The van der Waals surface area contributed by atoms with Gasteiger partial charge in [-0.05, 0) is 37.5 Å². The number of halogens is 4. The Bertz CT molecular complexity index is 430. The fourth-order valence-electron chi connectivity index (χ4n) is 2.03. The zero-order valence-electron chi connectivity index (χ0n) is 10.3. The minimum absolute atomic E-state index is 0.0747. The second-order valence-corrected chi connectivity index (χ2v) is 4.97. The van der Waals surface area contributed by atoms with Crippen LogP contribution in [0.15, 0.2) is 18.2 Å². The summed E-state index contributed by atoms with van der Waals surface area (Å²) in [7, 11) is 0. The topological polar surface area (TPSA) is 21.3 Å². The molecule has 1 N–H and O–H groups in total. The van der Waals surface area contributed by atoms with E-state index >= 15 is 0 Å². The van der Waals surface area contributed by atoms with Crippen LogP contribution in [0.5, 0.6) is 0 Å². The molecule has 1 atom stereocenters. The van der Waals surface area contributed by atoms with Gasteiger partial charge in [-0.2, -0.15) is 13.2 Å². The number of rotatable bonds is 3. The van der Waals surface area contributed by atoms with Crippen LogP contribution >= 0.6 is 11.6 Å². The third-order valence-electron chi connectivity index (χ3n) is 3.09. The Kier molecular flexibility index (Phi) is 4.58. The molecule has 0 aromatic heterocycles. The van der Waals surface area contributed by atoms with Crippen LogP contribution in [0.1, 0.15) is 24.8 Å². The zero-order chi connectivity index (χ0) is 13.9. The Morgan fingerprint density at radius 3 is 2.68 bits per heavy atom. The highest BCUT2D eigenvalue weighted by Gasteiger charge is 2.30. The maximum absolute atomic E-state index is 12.5. The molecular formula is C13H15ClF3NO. The van der Waals surface area contributed by atoms with Gasteiger partial charge in [0.2, 0.25) is 0 Å². The Hall–Kier alpha value is -0.940. The number of nitrogens with one attached hydrogen (secondary N) is 1. The van der Waals surface area contributed by atoms with Gasteiger partial charge in [-0.3, -0.25) is 0 Å². The van der Waals surface area contributed by atoms with Crippen LogP contribution in [0.3, 0.4) is 0 Å². The monoisotopic (exact) mass is 293 g/mol. The van der Waals surface area contributed by atoms with Crippen molar-refractivity contribution in [3.63, 3.8) is 0 Å². The van der Waals surface area contributed by atoms with Gasteiger partial charge in [0, 0.05) is 13.2 Å². The number of benzene rings is 1. The van der Waals surface area contributed by atoms with Crippen molar-refractivity contribution in [3.8, 4) is 0 Å². The summed E-state index contributed by atoms with van der Waals surface area (Å²) in [6, 6.07) is 3.32. The molecule has 1 fully saturated rings. The smallest absolute Gasteiger partial charge is 0.381 e. The number of ether oxygens (including phenoxy) is 1. The highest BCUT2D eigenvalue weighted by Crippen LogP contribution is 2.33. The van der Waals surface area contributed by atoms with Gasteiger partial charge < -0.3 is 10.1 Å². The third-order valence-corrected chi connectivity index (χ3v) is 3.40. The van der Waals surface area contributed by atoms with E-state index in [1.54, 1.807) is 0 Å². The molecule has 0 saturated carbocycles. The van der Waals surface area contributed by atoms with E-state index in [4.69, 9.17) is 16.3 Å². The second kappa shape index (κ2) is 6.01. The number of alkyl halides is 3. The normalized spacial score (nSPS) is 20.3. The first-order valence-electron chi connectivity index (χ1n) is 6.19. The van der Waals surface area contributed by atoms with Gasteiger partial charge in [-0.15, -0.1) is 0 Å². The van der Waals surface area contributed by atoms with E-state index < -0.39 is 11.7 Å². The molecule has 1 aromatic carbocycles. The van der Waals surface area contributed by atoms with Crippen molar-refractivity contribution in [2.75, 3.05) is 18.5 Å². The molecule has 19 heavy (non-hydrogen) atoms. The fourth-order valence-corrected chi connectivity index (χ4v) is 2.27. The van der Waals surface area contributed by atoms with E-state index in [1.165, 1.54) is 6.07 Å². The predicted octanol–water partition coefficient (Wildman–Crippen LogP) is 4.34. The van der Waals surface area contributed by atoms with Gasteiger partial charge >= 0.3 is 6.18 Å². The van der Waals surface area contributed by atoms with Gasteiger partial charge in [0.15, 0.2) is 0 Å². The minimum Gasteiger partial charge on any atom is -0.381 e. The van der Waals surface area contributed by atoms with Crippen molar-refractivity contribution in [2.45, 2.75) is 31.5 Å².